The molecule has 3 rings (SSSR count). The lowest BCUT2D eigenvalue weighted by Crippen LogP contribution is -2.46. The Labute approximate surface area is 105 Å². The van der Waals surface area contributed by atoms with Gasteiger partial charge in [0.15, 0.2) is 0 Å². The molecule has 0 aromatic rings. The van der Waals surface area contributed by atoms with Gasteiger partial charge in [-0.25, -0.2) is 0 Å². The van der Waals surface area contributed by atoms with E-state index in [4.69, 9.17) is 0 Å². The van der Waals surface area contributed by atoms with E-state index in [0.29, 0.717) is 0 Å². The first-order valence-corrected chi connectivity index (χ1v) is 7.61. The topological polar surface area (TPSA) is 27.3 Å². The first kappa shape index (κ1) is 11.9. The Morgan fingerprint density at radius 2 is 1.88 bits per heavy atom. The molecule has 3 aliphatic rings. The van der Waals surface area contributed by atoms with Crippen molar-refractivity contribution in [2.24, 2.45) is 5.92 Å². The maximum absolute atomic E-state index is 3.88. The summed E-state index contributed by atoms with van der Waals surface area (Å²) < 4.78 is 0. The average molecular weight is 237 g/mol. The second kappa shape index (κ2) is 5.68. The first-order valence-electron chi connectivity index (χ1n) is 7.61. The van der Waals surface area contributed by atoms with Crippen LogP contribution in [0.1, 0.15) is 38.5 Å². The van der Waals surface area contributed by atoms with Crippen LogP contribution in [0, 0.1) is 5.92 Å². The molecule has 0 aromatic carbocycles. The molecule has 17 heavy (non-hydrogen) atoms. The molecule has 98 valence electrons. The molecule has 0 aromatic heterocycles. The van der Waals surface area contributed by atoms with Crippen molar-refractivity contribution in [2.75, 3.05) is 32.7 Å². The Morgan fingerprint density at radius 1 is 1.00 bits per heavy atom. The van der Waals surface area contributed by atoms with Gasteiger partial charge >= 0.3 is 0 Å². The van der Waals surface area contributed by atoms with Gasteiger partial charge < -0.3 is 10.6 Å². The van der Waals surface area contributed by atoms with Gasteiger partial charge in [-0.2, -0.15) is 0 Å². The van der Waals surface area contributed by atoms with Gasteiger partial charge in [0.2, 0.25) is 0 Å². The van der Waals surface area contributed by atoms with E-state index >= 15 is 0 Å². The zero-order valence-electron chi connectivity index (χ0n) is 11.0. The van der Waals surface area contributed by atoms with Gasteiger partial charge in [-0.15, -0.1) is 0 Å². The molecule has 2 unspecified atom stereocenters. The normalized spacial score (nSPS) is 36.0. The van der Waals surface area contributed by atoms with E-state index in [1.165, 1.54) is 71.2 Å². The number of hydrogen-bond acceptors (Lipinski definition) is 3. The van der Waals surface area contributed by atoms with Crippen LogP contribution in [0.15, 0.2) is 0 Å². The highest BCUT2D eigenvalue weighted by Gasteiger charge is 2.35. The lowest BCUT2D eigenvalue weighted by molar-refractivity contribution is 0.177. The van der Waals surface area contributed by atoms with Crippen LogP contribution in [0.2, 0.25) is 0 Å². The van der Waals surface area contributed by atoms with Gasteiger partial charge in [0.05, 0.1) is 0 Å². The molecule has 3 heterocycles. The Morgan fingerprint density at radius 3 is 2.76 bits per heavy atom. The van der Waals surface area contributed by atoms with E-state index < -0.39 is 0 Å². The lowest BCUT2D eigenvalue weighted by Gasteiger charge is -2.33. The fourth-order valence-electron chi connectivity index (χ4n) is 3.89. The van der Waals surface area contributed by atoms with Crippen molar-refractivity contribution in [1.82, 2.24) is 15.5 Å². The summed E-state index contributed by atoms with van der Waals surface area (Å²) in [5.41, 5.74) is 0. The Hall–Kier alpha value is -0.120. The van der Waals surface area contributed by atoms with Crippen LogP contribution in [0.25, 0.3) is 0 Å². The summed E-state index contributed by atoms with van der Waals surface area (Å²) in [6.45, 7) is 6.42. The van der Waals surface area contributed by atoms with Crippen LogP contribution < -0.4 is 10.6 Å². The molecular weight excluding hydrogens is 210 g/mol. The van der Waals surface area contributed by atoms with E-state index in [2.05, 4.69) is 15.5 Å². The Bertz CT molecular complexity index is 238. The number of fused-ring (bicyclic) bond motifs is 1. The summed E-state index contributed by atoms with van der Waals surface area (Å²) >= 11 is 0. The lowest BCUT2D eigenvalue weighted by atomic mass is 9.95. The highest BCUT2D eigenvalue weighted by Crippen LogP contribution is 2.27. The van der Waals surface area contributed by atoms with Crippen molar-refractivity contribution < 1.29 is 0 Å². The number of nitrogens with zero attached hydrogens (tertiary/aromatic N) is 1. The highest BCUT2D eigenvalue weighted by molar-refractivity contribution is 4.94. The standard InChI is InChI=1S/C14H27N3/c1-2-9-17-10-6-13(14(17)3-1)16-11-12-4-7-15-8-5-12/h12-16H,1-11H2. The quantitative estimate of drug-likeness (QED) is 0.772. The van der Waals surface area contributed by atoms with Gasteiger partial charge in [0.25, 0.3) is 0 Å². The molecule has 3 saturated heterocycles. The summed E-state index contributed by atoms with van der Waals surface area (Å²) in [4.78, 5) is 2.73. The van der Waals surface area contributed by atoms with Gasteiger partial charge in [-0.1, -0.05) is 6.42 Å². The molecule has 0 radical (unpaired) electrons. The minimum atomic E-state index is 0.796. The largest absolute Gasteiger partial charge is 0.317 e. The molecule has 3 heteroatoms. The van der Waals surface area contributed by atoms with Crippen LogP contribution in [-0.2, 0) is 0 Å². The van der Waals surface area contributed by atoms with Crippen LogP contribution in [0.4, 0.5) is 0 Å². The van der Waals surface area contributed by atoms with E-state index in [9.17, 15) is 0 Å². The predicted octanol–water partition coefficient (Wildman–Crippen LogP) is 1.20. The Balaban J connectivity index is 1.45. The molecule has 3 fully saturated rings. The molecule has 0 bridgehead atoms. The van der Waals surface area contributed by atoms with Crippen LogP contribution in [0.3, 0.4) is 0 Å². The first-order chi connectivity index (χ1) is 8.43. The van der Waals surface area contributed by atoms with Crippen molar-refractivity contribution in [2.45, 2.75) is 50.6 Å². The summed E-state index contributed by atoms with van der Waals surface area (Å²) in [7, 11) is 0. The summed E-state index contributed by atoms with van der Waals surface area (Å²) in [6, 6.07) is 1.66. The van der Waals surface area contributed by atoms with E-state index in [-0.39, 0.29) is 0 Å². The predicted molar refractivity (Wildman–Crippen MR) is 71.2 cm³/mol. The maximum atomic E-state index is 3.88. The summed E-state index contributed by atoms with van der Waals surface area (Å²) in [5, 5.41) is 7.33. The molecule has 0 aliphatic carbocycles. The van der Waals surface area contributed by atoms with E-state index in [0.717, 1.165) is 18.0 Å². The van der Waals surface area contributed by atoms with Gasteiger partial charge in [-0.3, -0.25) is 4.90 Å². The number of hydrogen-bond donors (Lipinski definition) is 2. The smallest absolute Gasteiger partial charge is 0.0249 e. The third-order valence-corrected chi connectivity index (χ3v) is 4.98. The third-order valence-electron chi connectivity index (χ3n) is 4.98. The molecule has 2 N–H and O–H groups in total. The third kappa shape index (κ3) is 2.83. The van der Waals surface area contributed by atoms with Crippen molar-refractivity contribution >= 4 is 0 Å². The zero-order chi connectivity index (χ0) is 11.5. The van der Waals surface area contributed by atoms with E-state index in [1.807, 2.05) is 0 Å². The van der Waals surface area contributed by atoms with Gasteiger partial charge in [0, 0.05) is 18.6 Å². The molecule has 0 saturated carbocycles. The van der Waals surface area contributed by atoms with Crippen LogP contribution in [-0.4, -0.2) is 49.7 Å². The second-order valence-corrected chi connectivity index (χ2v) is 6.10. The van der Waals surface area contributed by atoms with E-state index in [1.54, 1.807) is 0 Å². The number of rotatable bonds is 3. The SMILES string of the molecule is C1CCN2CCC(NCC3CCNCC3)C2C1. The van der Waals surface area contributed by atoms with Crippen molar-refractivity contribution in [3.63, 3.8) is 0 Å². The number of nitrogens with one attached hydrogen (secondary N) is 2. The molecule has 0 spiro atoms. The summed E-state index contributed by atoms with van der Waals surface area (Å²) in [6.07, 6.45) is 8.44. The fraction of sp³-hybridized carbons (Fsp3) is 1.00. The molecular formula is C14H27N3. The van der Waals surface area contributed by atoms with Crippen LogP contribution >= 0.6 is 0 Å². The number of piperidine rings is 2. The average Bonchev–Trinajstić information content (AvgIpc) is 2.81. The minimum absolute atomic E-state index is 0.796. The van der Waals surface area contributed by atoms with Crippen LogP contribution in [0.5, 0.6) is 0 Å². The second-order valence-electron chi connectivity index (χ2n) is 6.10. The summed E-state index contributed by atoms with van der Waals surface area (Å²) in [5.74, 6) is 0.925. The van der Waals surface area contributed by atoms with Gasteiger partial charge in [0.1, 0.15) is 0 Å². The van der Waals surface area contributed by atoms with Crippen molar-refractivity contribution in [3.8, 4) is 0 Å². The Kier molecular flexibility index (Phi) is 3.99. The van der Waals surface area contributed by atoms with Gasteiger partial charge in [-0.05, 0) is 64.2 Å². The molecule has 2 atom stereocenters. The minimum Gasteiger partial charge on any atom is -0.317 e. The molecule has 3 nitrogen and oxygen atoms in total. The zero-order valence-corrected chi connectivity index (χ0v) is 11.0. The maximum Gasteiger partial charge on any atom is 0.0249 e. The van der Waals surface area contributed by atoms with Crippen molar-refractivity contribution in [3.05, 3.63) is 0 Å². The molecule has 0 amide bonds. The molecule has 3 aliphatic heterocycles. The van der Waals surface area contributed by atoms with Crippen molar-refractivity contribution in [1.29, 1.82) is 0 Å². The highest BCUT2D eigenvalue weighted by atomic mass is 15.2. The monoisotopic (exact) mass is 237 g/mol. The fourth-order valence-corrected chi connectivity index (χ4v) is 3.89.